The molecule has 0 amide bonds. The van der Waals surface area contributed by atoms with Crippen LogP contribution in [0.2, 0.25) is 5.15 Å². The Kier molecular flexibility index (Phi) is 4.72. The highest BCUT2D eigenvalue weighted by Crippen LogP contribution is 2.35. The molecule has 2 aromatic heterocycles. The van der Waals surface area contributed by atoms with Gasteiger partial charge in [0.25, 0.3) is 0 Å². The van der Waals surface area contributed by atoms with Gasteiger partial charge in [0.05, 0.1) is 5.39 Å². The molecule has 2 heterocycles. The van der Waals surface area contributed by atoms with E-state index in [-0.39, 0.29) is 6.10 Å². The molecule has 1 saturated carbocycles. The maximum absolute atomic E-state index is 6.28. The summed E-state index contributed by atoms with van der Waals surface area (Å²) in [6.07, 6.45) is 9.24. The van der Waals surface area contributed by atoms with Crippen LogP contribution in [0.1, 0.15) is 38.7 Å². The van der Waals surface area contributed by atoms with Crippen molar-refractivity contribution < 1.29 is 4.74 Å². The van der Waals surface area contributed by atoms with E-state index in [1.807, 2.05) is 31.7 Å². The summed E-state index contributed by atoms with van der Waals surface area (Å²) in [6, 6.07) is 1.84. The molecule has 2 aromatic rings. The first-order valence-corrected chi connectivity index (χ1v) is 9.48. The Balaban J connectivity index is 1.99. The lowest BCUT2D eigenvalue weighted by molar-refractivity contribution is 0.204. The van der Waals surface area contributed by atoms with Gasteiger partial charge in [-0.25, -0.2) is 9.97 Å². The fraction of sp³-hybridized carbons (Fsp3) is 0.529. The average molecular weight is 352 g/mol. The Morgan fingerprint density at radius 2 is 2.04 bits per heavy atom. The van der Waals surface area contributed by atoms with Gasteiger partial charge in [-0.3, -0.25) is 0 Å². The lowest BCUT2D eigenvalue weighted by atomic mass is 9.93. The molecule has 124 valence electrons. The number of ether oxygens (including phenoxy) is 1. The van der Waals surface area contributed by atoms with E-state index in [2.05, 4.69) is 16.2 Å². The van der Waals surface area contributed by atoms with Crippen molar-refractivity contribution >= 4 is 34.1 Å². The number of fused-ring (bicyclic) bond motifs is 1. The van der Waals surface area contributed by atoms with Gasteiger partial charge in [0.2, 0.25) is 5.88 Å². The fourth-order valence-corrected chi connectivity index (χ4v) is 4.01. The summed E-state index contributed by atoms with van der Waals surface area (Å²) in [5.41, 5.74) is 6.71. The van der Waals surface area contributed by atoms with Gasteiger partial charge in [-0.15, -0.1) is 0 Å². The molecule has 2 atom stereocenters. The normalized spacial score (nSPS) is 21.8. The number of halogens is 1. The first-order chi connectivity index (χ1) is 10.9. The van der Waals surface area contributed by atoms with E-state index in [4.69, 9.17) is 22.1 Å². The minimum atomic E-state index is -0.508. The Bertz CT molecular complexity index is 717. The van der Waals surface area contributed by atoms with Crippen LogP contribution in [-0.2, 0) is 5.54 Å². The molecule has 0 saturated heterocycles. The highest BCUT2D eigenvalue weighted by molar-refractivity contribution is 7.99. The molecule has 1 aliphatic carbocycles. The first kappa shape index (κ1) is 16.8. The summed E-state index contributed by atoms with van der Waals surface area (Å²) in [5.74, 6) is 0.629. The summed E-state index contributed by atoms with van der Waals surface area (Å²) < 4.78 is 6.18. The Hall–Kier alpha value is -1.04. The molecule has 0 aliphatic heterocycles. The van der Waals surface area contributed by atoms with E-state index in [0.717, 1.165) is 29.2 Å². The smallest absolute Gasteiger partial charge is 0.223 e. The van der Waals surface area contributed by atoms with Crippen molar-refractivity contribution in [2.45, 2.75) is 50.0 Å². The summed E-state index contributed by atoms with van der Waals surface area (Å²) in [4.78, 5) is 8.72. The molecule has 2 N–H and O–H groups in total. The molecule has 0 spiro atoms. The predicted molar refractivity (Wildman–Crippen MR) is 97.3 cm³/mol. The van der Waals surface area contributed by atoms with Crippen LogP contribution in [0.5, 0.6) is 5.88 Å². The summed E-state index contributed by atoms with van der Waals surface area (Å²) in [7, 11) is 0. The summed E-state index contributed by atoms with van der Waals surface area (Å²) >= 11 is 8.00. The van der Waals surface area contributed by atoms with Crippen molar-refractivity contribution in [3.63, 3.8) is 0 Å². The van der Waals surface area contributed by atoms with Crippen LogP contribution in [0, 0.1) is 0 Å². The van der Waals surface area contributed by atoms with Gasteiger partial charge in [-0.1, -0.05) is 11.6 Å². The monoisotopic (exact) mass is 351 g/mol. The second kappa shape index (κ2) is 6.46. The van der Waals surface area contributed by atoms with Crippen LogP contribution in [0.25, 0.3) is 10.8 Å². The average Bonchev–Trinajstić information content (AvgIpc) is 2.93. The van der Waals surface area contributed by atoms with Crippen LogP contribution >= 0.6 is 23.4 Å². The number of rotatable bonds is 4. The van der Waals surface area contributed by atoms with Crippen molar-refractivity contribution in [1.29, 1.82) is 0 Å². The number of hydrogen-bond donors (Lipinski definition) is 1. The topological polar surface area (TPSA) is 61.0 Å². The minimum Gasteiger partial charge on any atom is -0.474 e. The van der Waals surface area contributed by atoms with Crippen LogP contribution in [0.4, 0.5) is 0 Å². The number of aromatic nitrogens is 2. The fourth-order valence-electron chi connectivity index (χ4n) is 3.07. The van der Waals surface area contributed by atoms with Gasteiger partial charge in [0.1, 0.15) is 11.3 Å². The number of pyridine rings is 2. The lowest BCUT2D eigenvalue weighted by Gasteiger charge is -2.22. The van der Waals surface area contributed by atoms with Gasteiger partial charge in [0.15, 0.2) is 0 Å². The highest BCUT2D eigenvalue weighted by Gasteiger charge is 2.27. The maximum Gasteiger partial charge on any atom is 0.223 e. The zero-order valence-corrected chi connectivity index (χ0v) is 15.2. The zero-order valence-electron chi connectivity index (χ0n) is 13.7. The van der Waals surface area contributed by atoms with Crippen molar-refractivity contribution in [3.8, 4) is 5.88 Å². The van der Waals surface area contributed by atoms with Crippen molar-refractivity contribution in [3.05, 3.63) is 29.2 Å². The third kappa shape index (κ3) is 3.57. The second-order valence-electron chi connectivity index (χ2n) is 6.66. The number of nitrogens with two attached hydrogens (primary N) is 1. The van der Waals surface area contributed by atoms with Crippen LogP contribution in [-0.4, -0.2) is 27.6 Å². The standard InChI is InChI=1S/C17H22ClN3OS/c1-17(2,19)14-9-21-16(13-8-20-15(18)7-12(13)14)22-10-4-5-11(6-10)23-3/h7-11H,4-6,19H2,1-3H3. The quantitative estimate of drug-likeness (QED) is 0.839. The molecule has 2 unspecified atom stereocenters. The number of nitrogens with zero attached hydrogens (tertiary/aromatic N) is 2. The van der Waals surface area contributed by atoms with E-state index in [1.165, 1.54) is 6.42 Å². The molecular weight excluding hydrogens is 330 g/mol. The number of hydrogen-bond acceptors (Lipinski definition) is 5. The van der Waals surface area contributed by atoms with Crippen molar-refractivity contribution in [1.82, 2.24) is 9.97 Å². The lowest BCUT2D eigenvalue weighted by Crippen LogP contribution is -2.29. The molecule has 4 nitrogen and oxygen atoms in total. The van der Waals surface area contributed by atoms with E-state index in [1.54, 1.807) is 12.4 Å². The molecule has 0 radical (unpaired) electrons. The highest BCUT2D eigenvalue weighted by atomic mass is 35.5. The molecule has 1 aliphatic rings. The third-order valence-corrected chi connectivity index (χ3v) is 5.65. The van der Waals surface area contributed by atoms with Crippen LogP contribution in [0.15, 0.2) is 18.5 Å². The Morgan fingerprint density at radius 3 is 2.70 bits per heavy atom. The molecule has 3 rings (SSSR count). The second-order valence-corrected chi connectivity index (χ2v) is 8.19. The number of thioether (sulfide) groups is 1. The molecule has 0 aromatic carbocycles. The van der Waals surface area contributed by atoms with Crippen LogP contribution in [0.3, 0.4) is 0 Å². The van der Waals surface area contributed by atoms with E-state index < -0.39 is 5.54 Å². The van der Waals surface area contributed by atoms with Gasteiger partial charge in [-0.2, -0.15) is 11.8 Å². The molecule has 1 fully saturated rings. The van der Waals surface area contributed by atoms with Gasteiger partial charge in [-0.05, 0) is 56.4 Å². The van der Waals surface area contributed by atoms with Crippen molar-refractivity contribution in [2.24, 2.45) is 5.73 Å². The van der Waals surface area contributed by atoms with Crippen molar-refractivity contribution in [2.75, 3.05) is 6.26 Å². The van der Waals surface area contributed by atoms with E-state index in [9.17, 15) is 0 Å². The Morgan fingerprint density at radius 1 is 1.26 bits per heavy atom. The SMILES string of the molecule is CSC1CCC(Oc2ncc(C(C)(C)N)c3cc(Cl)ncc23)C1. The molecule has 0 bridgehead atoms. The minimum absolute atomic E-state index is 0.218. The van der Waals surface area contributed by atoms with E-state index in [0.29, 0.717) is 16.3 Å². The first-order valence-electron chi connectivity index (χ1n) is 7.81. The third-order valence-electron chi connectivity index (χ3n) is 4.34. The Labute approximate surface area is 146 Å². The predicted octanol–water partition coefficient (Wildman–Crippen LogP) is 4.14. The van der Waals surface area contributed by atoms with Gasteiger partial charge < -0.3 is 10.5 Å². The summed E-state index contributed by atoms with van der Waals surface area (Å²) in [5, 5.41) is 2.96. The van der Waals surface area contributed by atoms with Gasteiger partial charge in [0, 0.05) is 23.2 Å². The zero-order chi connectivity index (χ0) is 16.6. The van der Waals surface area contributed by atoms with Gasteiger partial charge >= 0.3 is 0 Å². The molecule has 6 heteroatoms. The van der Waals surface area contributed by atoms with Crippen LogP contribution < -0.4 is 10.5 Å². The molecule has 23 heavy (non-hydrogen) atoms. The largest absolute Gasteiger partial charge is 0.474 e. The summed E-state index contributed by atoms with van der Waals surface area (Å²) in [6.45, 7) is 3.91. The van der Waals surface area contributed by atoms with E-state index >= 15 is 0 Å². The maximum atomic E-state index is 6.28. The molecular formula is C17H22ClN3OS.